The summed E-state index contributed by atoms with van der Waals surface area (Å²) in [5.41, 5.74) is 0.929. The molecule has 0 spiro atoms. The molecule has 1 unspecified atom stereocenters. The Kier molecular flexibility index (Phi) is 12.7. The van der Waals surface area contributed by atoms with Crippen molar-refractivity contribution in [3.05, 3.63) is 70.5 Å². The van der Waals surface area contributed by atoms with E-state index in [9.17, 15) is 14.0 Å². The summed E-state index contributed by atoms with van der Waals surface area (Å²) in [5, 5.41) is 0.497. The number of hydrogen-bond donors (Lipinski definition) is 0. The van der Waals surface area contributed by atoms with E-state index < -0.39 is 6.04 Å². The van der Waals surface area contributed by atoms with Gasteiger partial charge in [0.2, 0.25) is 5.91 Å². The van der Waals surface area contributed by atoms with E-state index >= 15 is 0 Å². The first-order valence-electron chi connectivity index (χ1n) is 15.0. The zero-order chi connectivity index (χ0) is 28.0. The first-order valence-corrected chi connectivity index (χ1v) is 15.0. The molecular formula is C33H46FN3O2. The number of fused-ring (bicyclic) bond motifs is 1. The third-order valence-electron chi connectivity index (χ3n) is 7.54. The predicted octanol–water partition coefficient (Wildman–Crippen LogP) is 8.53. The molecule has 0 aliphatic heterocycles. The number of nitrogens with zero attached hydrogens (tertiary/aromatic N) is 3. The average Bonchev–Trinajstić information content (AvgIpc) is 2.94. The molecule has 6 heteroatoms. The van der Waals surface area contributed by atoms with E-state index in [1.807, 2.05) is 30.0 Å². The fourth-order valence-corrected chi connectivity index (χ4v) is 5.21. The van der Waals surface area contributed by atoms with E-state index in [4.69, 9.17) is 4.98 Å². The molecule has 0 aliphatic rings. The molecular weight excluding hydrogens is 489 g/mol. The zero-order valence-corrected chi connectivity index (χ0v) is 24.1. The van der Waals surface area contributed by atoms with Crippen LogP contribution in [0, 0.1) is 5.82 Å². The van der Waals surface area contributed by atoms with E-state index in [1.165, 1.54) is 57.1 Å². The van der Waals surface area contributed by atoms with E-state index in [2.05, 4.69) is 13.8 Å². The topological polar surface area (TPSA) is 55.2 Å². The van der Waals surface area contributed by atoms with E-state index in [-0.39, 0.29) is 17.3 Å². The van der Waals surface area contributed by atoms with Gasteiger partial charge >= 0.3 is 0 Å². The number of halogens is 1. The van der Waals surface area contributed by atoms with Gasteiger partial charge in [0.05, 0.1) is 22.6 Å². The number of unbranched alkanes of at least 4 members (excludes halogenated alkanes) is 10. The number of rotatable bonds is 17. The van der Waals surface area contributed by atoms with Crippen LogP contribution in [0.2, 0.25) is 0 Å². The summed E-state index contributed by atoms with van der Waals surface area (Å²) in [6.45, 7) is 6.96. The van der Waals surface area contributed by atoms with Crippen LogP contribution in [0.25, 0.3) is 16.6 Å². The van der Waals surface area contributed by atoms with Crippen LogP contribution in [-0.4, -0.2) is 26.9 Å². The van der Waals surface area contributed by atoms with Crippen LogP contribution >= 0.6 is 0 Å². The van der Waals surface area contributed by atoms with Gasteiger partial charge in [0.1, 0.15) is 11.6 Å². The fourth-order valence-electron chi connectivity index (χ4n) is 5.21. The van der Waals surface area contributed by atoms with Crippen LogP contribution in [-0.2, 0) is 4.79 Å². The number of benzene rings is 2. The lowest BCUT2D eigenvalue weighted by atomic mass is 10.1. The lowest BCUT2D eigenvalue weighted by molar-refractivity contribution is -0.133. The minimum absolute atomic E-state index is 0.106. The van der Waals surface area contributed by atoms with Crippen molar-refractivity contribution in [1.29, 1.82) is 0 Å². The highest BCUT2D eigenvalue weighted by Gasteiger charge is 2.26. The maximum absolute atomic E-state index is 13.7. The average molecular weight is 536 g/mol. The Morgan fingerprint density at radius 3 is 2.10 bits per heavy atom. The lowest BCUT2D eigenvalue weighted by Gasteiger charge is -2.31. The third-order valence-corrected chi connectivity index (χ3v) is 7.54. The molecule has 2 aromatic carbocycles. The van der Waals surface area contributed by atoms with Crippen LogP contribution in [0.3, 0.4) is 0 Å². The van der Waals surface area contributed by atoms with Crippen LogP contribution < -0.4 is 5.56 Å². The van der Waals surface area contributed by atoms with Gasteiger partial charge in [0, 0.05) is 13.0 Å². The maximum Gasteiger partial charge on any atom is 0.266 e. The minimum Gasteiger partial charge on any atom is -0.333 e. The molecule has 39 heavy (non-hydrogen) atoms. The highest BCUT2D eigenvalue weighted by molar-refractivity contribution is 5.79. The van der Waals surface area contributed by atoms with Gasteiger partial charge in [-0.2, -0.15) is 0 Å². The molecule has 1 aromatic heterocycles. The highest BCUT2D eigenvalue weighted by Crippen LogP contribution is 2.25. The molecule has 1 heterocycles. The van der Waals surface area contributed by atoms with Crippen LogP contribution in [0.4, 0.5) is 4.39 Å². The monoisotopic (exact) mass is 535 g/mol. The first kappa shape index (κ1) is 30.5. The molecule has 1 atom stereocenters. The Labute approximate surface area is 233 Å². The second kappa shape index (κ2) is 16.2. The van der Waals surface area contributed by atoms with Crippen molar-refractivity contribution in [2.45, 2.75) is 110 Å². The summed E-state index contributed by atoms with van der Waals surface area (Å²) < 4.78 is 15.3. The van der Waals surface area contributed by atoms with Gasteiger partial charge in [-0.15, -0.1) is 0 Å². The van der Waals surface area contributed by atoms with Gasteiger partial charge in [-0.1, -0.05) is 90.2 Å². The van der Waals surface area contributed by atoms with Crippen molar-refractivity contribution in [3.63, 3.8) is 0 Å². The van der Waals surface area contributed by atoms with Crippen LogP contribution in [0.1, 0.15) is 116 Å². The molecule has 5 nitrogen and oxygen atoms in total. The second-order valence-corrected chi connectivity index (χ2v) is 10.7. The predicted molar refractivity (Wildman–Crippen MR) is 159 cm³/mol. The van der Waals surface area contributed by atoms with Gasteiger partial charge in [0.25, 0.3) is 5.56 Å². The summed E-state index contributed by atoms with van der Waals surface area (Å²) >= 11 is 0. The van der Waals surface area contributed by atoms with Crippen molar-refractivity contribution in [1.82, 2.24) is 14.5 Å². The molecule has 0 aliphatic carbocycles. The third kappa shape index (κ3) is 8.74. The SMILES string of the molecule is CCCCCCCCCCCC(=O)N(CCCCC)C(C)c1nc2ccccc2c(=O)n1-c1ccc(F)cc1. The largest absolute Gasteiger partial charge is 0.333 e. The lowest BCUT2D eigenvalue weighted by Crippen LogP contribution is -2.38. The van der Waals surface area contributed by atoms with Gasteiger partial charge in [0.15, 0.2) is 0 Å². The molecule has 0 N–H and O–H groups in total. The van der Waals surface area contributed by atoms with Gasteiger partial charge in [-0.05, 0) is 56.2 Å². The quantitative estimate of drug-likeness (QED) is 0.163. The normalized spacial score (nSPS) is 12.1. The molecule has 1 amide bonds. The van der Waals surface area contributed by atoms with Crippen molar-refractivity contribution in [2.75, 3.05) is 6.54 Å². The maximum atomic E-state index is 13.7. The van der Waals surface area contributed by atoms with Crippen molar-refractivity contribution in [2.24, 2.45) is 0 Å². The summed E-state index contributed by atoms with van der Waals surface area (Å²) in [6, 6.07) is 12.7. The van der Waals surface area contributed by atoms with E-state index in [0.717, 1.165) is 32.1 Å². The van der Waals surface area contributed by atoms with Crippen molar-refractivity contribution in [3.8, 4) is 5.69 Å². The molecule has 0 saturated carbocycles. The Balaban J connectivity index is 1.81. The Hall–Kier alpha value is -3.02. The summed E-state index contributed by atoms with van der Waals surface area (Å²) in [7, 11) is 0. The Bertz CT molecular complexity index is 1220. The summed E-state index contributed by atoms with van der Waals surface area (Å²) in [6.07, 6.45) is 14.3. The van der Waals surface area contributed by atoms with Crippen molar-refractivity contribution >= 4 is 16.8 Å². The molecule has 3 aromatic rings. The van der Waals surface area contributed by atoms with E-state index in [1.54, 1.807) is 22.8 Å². The van der Waals surface area contributed by atoms with Gasteiger partial charge in [-0.3, -0.25) is 14.2 Å². The zero-order valence-electron chi connectivity index (χ0n) is 24.1. The number of aromatic nitrogens is 2. The Morgan fingerprint density at radius 2 is 1.44 bits per heavy atom. The molecule has 0 bridgehead atoms. The summed E-state index contributed by atoms with van der Waals surface area (Å²) in [4.78, 5) is 34.0. The van der Waals surface area contributed by atoms with Crippen LogP contribution in [0.15, 0.2) is 53.3 Å². The van der Waals surface area contributed by atoms with Gasteiger partial charge < -0.3 is 4.90 Å². The number of hydrogen-bond acceptors (Lipinski definition) is 3. The van der Waals surface area contributed by atoms with Gasteiger partial charge in [-0.25, -0.2) is 9.37 Å². The molecule has 0 saturated heterocycles. The first-order chi connectivity index (χ1) is 19.0. The minimum atomic E-state index is -0.407. The molecule has 0 radical (unpaired) electrons. The van der Waals surface area contributed by atoms with Crippen molar-refractivity contribution < 1.29 is 9.18 Å². The number of para-hydroxylation sites is 1. The Morgan fingerprint density at radius 1 is 0.846 bits per heavy atom. The summed E-state index contributed by atoms with van der Waals surface area (Å²) in [5.74, 6) is 0.240. The van der Waals surface area contributed by atoms with Crippen LogP contribution in [0.5, 0.6) is 0 Å². The number of amides is 1. The highest BCUT2D eigenvalue weighted by atomic mass is 19.1. The standard InChI is InChI=1S/C33H46FN3O2/c1-4-6-8-9-10-11-12-13-14-20-31(38)36(25-17-7-5-2)26(3)32-35-30-19-16-15-18-29(30)33(39)37(32)28-23-21-27(34)22-24-28/h15-16,18-19,21-24,26H,4-14,17,20,25H2,1-3H3. The molecule has 0 fully saturated rings. The van der Waals surface area contributed by atoms with E-state index in [0.29, 0.717) is 35.4 Å². The molecule has 212 valence electrons. The second-order valence-electron chi connectivity index (χ2n) is 10.7. The smallest absolute Gasteiger partial charge is 0.266 e. The fraction of sp³-hybridized carbons (Fsp3) is 0.545. The number of carbonyl (C=O) groups excluding carboxylic acids is 1. The number of carbonyl (C=O) groups is 1. The molecule has 3 rings (SSSR count).